The summed E-state index contributed by atoms with van der Waals surface area (Å²) < 4.78 is 1.09. The first-order valence-corrected chi connectivity index (χ1v) is 6.53. The molecule has 0 nitrogen and oxygen atoms in total. The van der Waals surface area contributed by atoms with Crippen molar-refractivity contribution in [2.45, 2.75) is 44.5 Å². The Morgan fingerprint density at radius 3 is 2.00 bits per heavy atom. The van der Waals surface area contributed by atoms with Crippen LogP contribution in [-0.2, 0) is 18.3 Å². The van der Waals surface area contributed by atoms with Crippen LogP contribution in [0.25, 0.3) is 0 Å². The molecule has 2 heteroatoms. The molecule has 0 spiro atoms. The third-order valence-corrected chi connectivity index (χ3v) is 7.56. The molecule has 2 rings (SSSR count). The van der Waals surface area contributed by atoms with E-state index >= 15 is 0 Å². The first kappa shape index (κ1) is 11.2. The Kier molecular flexibility index (Phi) is 2.85. The van der Waals surface area contributed by atoms with Gasteiger partial charge in [-0.2, -0.15) is 0 Å². The monoisotopic (exact) mass is 281 g/mol. The molecule has 2 aliphatic carbocycles. The Balaban J connectivity index is 0.000000720. The van der Waals surface area contributed by atoms with Crippen molar-refractivity contribution >= 4 is 17.0 Å². The van der Waals surface area contributed by atoms with E-state index in [0.29, 0.717) is 5.41 Å². The second-order valence-corrected chi connectivity index (χ2v) is 7.38. The van der Waals surface area contributed by atoms with Gasteiger partial charge in [-0.25, -0.2) is 0 Å². The van der Waals surface area contributed by atoms with Crippen LogP contribution in [0.15, 0.2) is 0 Å². The predicted molar refractivity (Wildman–Crippen MR) is 53.3 cm³/mol. The van der Waals surface area contributed by atoms with Crippen LogP contribution in [0.2, 0.25) is 4.51 Å². The zero-order chi connectivity index (χ0) is 8.28. The van der Waals surface area contributed by atoms with Crippen molar-refractivity contribution in [3.8, 4) is 0 Å². The number of fused-ring (bicyclic) bond motifs is 2. The molecule has 3 atom stereocenters. The fourth-order valence-corrected chi connectivity index (χ4v) is 5.75. The average molecular weight is 284 g/mol. The number of halogens is 1. The van der Waals surface area contributed by atoms with Crippen LogP contribution < -0.4 is 0 Å². The maximum absolute atomic E-state index is 2.54. The summed E-state index contributed by atoms with van der Waals surface area (Å²) in [6, 6.07) is 0. The number of hydrogen-bond acceptors (Lipinski definition) is 0. The molecule has 2 aliphatic rings. The van der Waals surface area contributed by atoms with E-state index in [2.05, 4.69) is 20.8 Å². The molecule has 3 unspecified atom stereocenters. The second-order valence-electron chi connectivity index (χ2n) is 5.31. The van der Waals surface area contributed by atoms with E-state index in [1.54, 1.807) is 6.42 Å². The van der Waals surface area contributed by atoms with Gasteiger partial charge in [-0.3, -0.25) is 0 Å². The van der Waals surface area contributed by atoms with Gasteiger partial charge in [0, 0.05) is 0 Å². The van der Waals surface area contributed by atoms with Crippen molar-refractivity contribution < 1.29 is 18.3 Å². The second kappa shape index (κ2) is 3.05. The van der Waals surface area contributed by atoms with E-state index in [9.17, 15) is 0 Å². The topological polar surface area (TPSA) is 0 Å². The first-order chi connectivity index (χ1) is 4.98. The molecule has 2 bridgehead atoms. The Bertz CT molecular complexity index is 190. The summed E-state index contributed by atoms with van der Waals surface area (Å²) in [6.07, 6.45) is 4.57. The molecule has 0 heterocycles. The van der Waals surface area contributed by atoms with E-state index in [-0.39, 0.29) is 17.0 Å². The van der Waals surface area contributed by atoms with Crippen molar-refractivity contribution in [2.75, 3.05) is 0 Å². The Labute approximate surface area is 96.3 Å². The molecule has 0 saturated heterocycles. The van der Waals surface area contributed by atoms with Crippen molar-refractivity contribution in [2.24, 2.45) is 16.7 Å². The van der Waals surface area contributed by atoms with Crippen LogP contribution >= 0.6 is 17.0 Å². The SMILES string of the molecule is Br.CC1(C)C2CCC1(C)[CH]([Zn])C2. The van der Waals surface area contributed by atoms with Crippen LogP contribution in [0.3, 0.4) is 0 Å². The third-order valence-electron chi connectivity index (χ3n) is 4.97. The molecule has 0 aromatic rings. The van der Waals surface area contributed by atoms with Gasteiger partial charge < -0.3 is 0 Å². The van der Waals surface area contributed by atoms with E-state index in [1.165, 1.54) is 31.1 Å². The van der Waals surface area contributed by atoms with Crippen LogP contribution in [0.5, 0.6) is 0 Å². The van der Waals surface area contributed by atoms with Gasteiger partial charge in [0.1, 0.15) is 0 Å². The molecule has 0 aromatic heterocycles. The number of hydrogen-bond donors (Lipinski definition) is 0. The summed E-state index contributed by atoms with van der Waals surface area (Å²) in [6.45, 7) is 7.54. The van der Waals surface area contributed by atoms with Gasteiger partial charge in [-0.15, -0.1) is 17.0 Å². The zero-order valence-corrected chi connectivity index (χ0v) is 13.1. The summed E-state index contributed by atoms with van der Waals surface area (Å²) in [5.41, 5.74) is 1.38. The molecular weight excluding hydrogens is 265 g/mol. The van der Waals surface area contributed by atoms with Crippen molar-refractivity contribution in [1.29, 1.82) is 0 Å². The summed E-state index contributed by atoms with van der Waals surface area (Å²) in [7, 11) is 0. The molecule has 12 heavy (non-hydrogen) atoms. The van der Waals surface area contributed by atoms with Gasteiger partial charge in [-0.1, -0.05) is 0 Å². The standard InChI is InChI=1S/C10H17.BrH.Zn/c1-9(2)8-4-6-10(9,3)7-5-8;;/h6,8H,4-5,7H2,1-3H3;1H;. The Morgan fingerprint density at radius 1 is 1.25 bits per heavy atom. The fourth-order valence-electron chi connectivity index (χ4n) is 3.37. The van der Waals surface area contributed by atoms with Gasteiger partial charge in [0.25, 0.3) is 0 Å². The fraction of sp³-hybridized carbons (Fsp3) is 1.00. The average Bonchev–Trinajstić information content (AvgIpc) is 2.20. The van der Waals surface area contributed by atoms with Gasteiger partial charge >= 0.3 is 79.6 Å². The molecule has 0 radical (unpaired) electrons. The van der Waals surface area contributed by atoms with Gasteiger partial charge in [0.05, 0.1) is 0 Å². The number of rotatable bonds is 0. The quantitative estimate of drug-likeness (QED) is 0.594. The molecule has 2 fully saturated rings. The summed E-state index contributed by atoms with van der Waals surface area (Å²) in [5.74, 6) is 1.06. The van der Waals surface area contributed by atoms with E-state index in [4.69, 9.17) is 0 Å². The van der Waals surface area contributed by atoms with E-state index in [1.807, 2.05) is 0 Å². The summed E-state index contributed by atoms with van der Waals surface area (Å²) >= 11 is 1.52. The van der Waals surface area contributed by atoms with Gasteiger partial charge in [-0.05, 0) is 0 Å². The summed E-state index contributed by atoms with van der Waals surface area (Å²) in [5, 5.41) is 0. The molecule has 67 valence electrons. The normalized spacial score (nSPS) is 49.1. The Hall–Kier alpha value is 1.10. The van der Waals surface area contributed by atoms with E-state index < -0.39 is 0 Å². The van der Waals surface area contributed by atoms with Gasteiger partial charge in [0.2, 0.25) is 0 Å². The minimum atomic E-state index is 0. The first-order valence-electron chi connectivity index (χ1n) is 4.81. The molecule has 0 amide bonds. The van der Waals surface area contributed by atoms with Crippen LogP contribution in [0.4, 0.5) is 0 Å². The molecule has 0 aromatic carbocycles. The summed E-state index contributed by atoms with van der Waals surface area (Å²) in [4.78, 5) is 0. The van der Waals surface area contributed by atoms with Crippen LogP contribution in [0.1, 0.15) is 40.0 Å². The molecular formula is C10H18BrZn. The third kappa shape index (κ3) is 1.10. The molecule has 2 saturated carbocycles. The van der Waals surface area contributed by atoms with Crippen molar-refractivity contribution in [3.63, 3.8) is 0 Å². The molecule has 0 N–H and O–H groups in total. The van der Waals surface area contributed by atoms with Crippen LogP contribution in [-0.4, -0.2) is 0 Å². The van der Waals surface area contributed by atoms with E-state index in [0.717, 1.165) is 15.8 Å². The predicted octanol–water partition coefficient (Wildman–Crippen LogP) is 3.75. The minimum absolute atomic E-state index is 0. The van der Waals surface area contributed by atoms with Crippen molar-refractivity contribution in [3.05, 3.63) is 0 Å². The zero-order valence-electron chi connectivity index (χ0n) is 8.39. The van der Waals surface area contributed by atoms with Gasteiger partial charge in [0.15, 0.2) is 0 Å². The van der Waals surface area contributed by atoms with Crippen LogP contribution in [0, 0.1) is 16.7 Å². The Morgan fingerprint density at radius 2 is 1.83 bits per heavy atom. The molecule has 0 aliphatic heterocycles. The van der Waals surface area contributed by atoms with Crippen molar-refractivity contribution in [1.82, 2.24) is 0 Å². The maximum atomic E-state index is 2.54.